The number of hydrogen-bond donors (Lipinski definition) is 0. The van der Waals surface area contributed by atoms with Crippen molar-refractivity contribution in [1.82, 2.24) is 4.98 Å². The molecule has 0 unspecified atom stereocenters. The highest BCUT2D eigenvalue weighted by Crippen LogP contribution is 2.25. The molecule has 1 aromatic heterocycles. The van der Waals surface area contributed by atoms with E-state index in [0.717, 1.165) is 24.2 Å². The number of aromatic nitrogens is 1. The lowest BCUT2D eigenvalue weighted by atomic mass is 10.3. The first kappa shape index (κ1) is 8.80. The molecule has 2 heterocycles. The van der Waals surface area contributed by atoms with E-state index < -0.39 is 0 Å². The Bertz CT molecular complexity index is 524. The van der Waals surface area contributed by atoms with Gasteiger partial charge in [-0.25, -0.2) is 0 Å². The van der Waals surface area contributed by atoms with Crippen molar-refractivity contribution in [1.29, 1.82) is 0 Å². The highest BCUT2D eigenvalue weighted by atomic mass is 35.5. The second kappa shape index (κ2) is 3.28. The van der Waals surface area contributed by atoms with Gasteiger partial charge in [-0.1, -0.05) is 23.8 Å². The SMILES string of the molecule is Clc1ccc2oc(N3CC=CC3)nc2c1. The molecule has 76 valence electrons. The maximum atomic E-state index is 5.88. The summed E-state index contributed by atoms with van der Waals surface area (Å²) in [4.78, 5) is 6.45. The highest BCUT2D eigenvalue weighted by Gasteiger charge is 2.14. The van der Waals surface area contributed by atoms with Gasteiger partial charge in [0.15, 0.2) is 5.58 Å². The van der Waals surface area contributed by atoms with Crippen LogP contribution in [-0.4, -0.2) is 18.1 Å². The fraction of sp³-hybridized carbons (Fsp3) is 0.182. The van der Waals surface area contributed by atoms with Gasteiger partial charge in [0, 0.05) is 18.1 Å². The van der Waals surface area contributed by atoms with Gasteiger partial charge in [-0.3, -0.25) is 0 Å². The number of nitrogens with zero attached hydrogens (tertiary/aromatic N) is 2. The molecule has 0 radical (unpaired) electrons. The number of rotatable bonds is 1. The van der Waals surface area contributed by atoms with E-state index in [1.165, 1.54) is 0 Å². The lowest BCUT2D eigenvalue weighted by molar-refractivity contribution is 0.588. The quantitative estimate of drug-likeness (QED) is 0.692. The Morgan fingerprint density at radius 1 is 1.27 bits per heavy atom. The molecule has 0 bridgehead atoms. The maximum Gasteiger partial charge on any atom is 0.298 e. The van der Waals surface area contributed by atoms with Crippen LogP contribution in [0.5, 0.6) is 0 Å². The van der Waals surface area contributed by atoms with Crippen LogP contribution in [0.3, 0.4) is 0 Å². The van der Waals surface area contributed by atoms with E-state index in [0.29, 0.717) is 11.0 Å². The third kappa shape index (κ3) is 1.49. The molecule has 1 aliphatic rings. The number of fused-ring (bicyclic) bond motifs is 1. The summed E-state index contributed by atoms with van der Waals surface area (Å²) in [7, 11) is 0. The van der Waals surface area contributed by atoms with E-state index in [9.17, 15) is 0 Å². The minimum absolute atomic E-state index is 0.664. The Labute approximate surface area is 92.0 Å². The van der Waals surface area contributed by atoms with E-state index in [-0.39, 0.29) is 0 Å². The zero-order valence-corrected chi connectivity index (χ0v) is 8.74. The van der Waals surface area contributed by atoms with Crippen molar-refractivity contribution in [2.24, 2.45) is 0 Å². The molecule has 3 rings (SSSR count). The largest absolute Gasteiger partial charge is 0.423 e. The number of benzene rings is 1. The molecule has 0 amide bonds. The van der Waals surface area contributed by atoms with Gasteiger partial charge < -0.3 is 9.32 Å². The fourth-order valence-corrected chi connectivity index (χ4v) is 1.82. The first-order valence-corrected chi connectivity index (χ1v) is 5.17. The summed E-state index contributed by atoms with van der Waals surface area (Å²) in [5.74, 6) is 0. The van der Waals surface area contributed by atoms with Gasteiger partial charge in [-0.05, 0) is 18.2 Å². The summed E-state index contributed by atoms with van der Waals surface area (Å²) in [6.07, 6.45) is 4.20. The molecule has 4 heteroatoms. The Hall–Kier alpha value is -1.48. The highest BCUT2D eigenvalue weighted by molar-refractivity contribution is 6.31. The molecule has 2 aromatic rings. The molecule has 0 spiro atoms. The van der Waals surface area contributed by atoms with Crippen LogP contribution >= 0.6 is 11.6 Å². The summed E-state index contributed by atoms with van der Waals surface area (Å²) in [6.45, 7) is 1.72. The summed E-state index contributed by atoms with van der Waals surface area (Å²) in [5.41, 5.74) is 1.59. The zero-order chi connectivity index (χ0) is 10.3. The average Bonchev–Trinajstić information content (AvgIpc) is 2.84. The van der Waals surface area contributed by atoms with Crippen LogP contribution in [0, 0.1) is 0 Å². The molecular weight excluding hydrogens is 212 g/mol. The molecule has 0 saturated heterocycles. The topological polar surface area (TPSA) is 29.3 Å². The van der Waals surface area contributed by atoms with Crippen molar-refractivity contribution < 1.29 is 4.42 Å². The van der Waals surface area contributed by atoms with E-state index in [4.69, 9.17) is 16.0 Å². The van der Waals surface area contributed by atoms with Crippen molar-refractivity contribution in [3.8, 4) is 0 Å². The molecule has 0 aliphatic carbocycles. The van der Waals surface area contributed by atoms with Crippen molar-refractivity contribution in [2.45, 2.75) is 0 Å². The van der Waals surface area contributed by atoms with E-state index in [2.05, 4.69) is 22.0 Å². The molecule has 3 nitrogen and oxygen atoms in total. The number of anilines is 1. The minimum Gasteiger partial charge on any atom is -0.423 e. The van der Waals surface area contributed by atoms with Gasteiger partial charge in [0.2, 0.25) is 0 Å². The van der Waals surface area contributed by atoms with Crippen LogP contribution < -0.4 is 4.90 Å². The zero-order valence-electron chi connectivity index (χ0n) is 7.98. The lowest BCUT2D eigenvalue weighted by Crippen LogP contribution is -2.18. The molecular formula is C11H9ClN2O. The standard InChI is InChI=1S/C11H9ClN2O/c12-8-3-4-10-9(7-8)13-11(15-10)14-5-1-2-6-14/h1-4,7H,5-6H2. The Morgan fingerprint density at radius 2 is 2.07 bits per heavy atom. The summed E-state index contributed by atoms with van der Waals surface area (Å²) >= 11 is 5.88. The van der Waals surface area contributed by atoms with Crippen molar-refractivity contribution in [3.05, 3.63) is 35.4 Å². The van der Waals surface area contributed by atoms with Crippen LogP contribution in [0.1, 0.15) is 0 Å². The van der Waals surface area contributed by atoms with Crippen molar-refractivity contribution in [2.75, 3.05) is 18.0 Å². The van der Waals surface area contributed by atoms with Gasteiger partial charge in [-0.2, -0.15) is 4.98 Å². The summed E-state index contributed by atoms with van der Waals surface area (Å²) < 4.78 is 5.62. The van der Waals surface area contributed by atoms with E-state index in [1.54, 1.807) is 6.07 Å². The molecule has 0 N–H and O–H groups in total. The molecule has 0 saturated carbocycles. The molecule has 0 fully saturated rings. The number of hydrogen-bond acceptors (Lipinski definition) is 3. The third-order valence-electron chi connectivity index (χ3n) is 2.43. The van der Waals surface area contributed by atoms with Crippen LogP contribution in [0.4, 0.5) is 6.01 Å². The van der Waals surface area contributed by atoms with E-state index in [1.807, 2.05) is 12.1 Å². The second-order valence-electron chi connectivity index (χ2n) is 3.48. The number of halogens is 1. The average molecular weight is 221 g/mol. The van der Waals surface area contributed by atoms with Gasteiger partial charge in [0.25, 0.3) is 6.01 Å². The molecule has 1 aliphatic heterocycles. The summed E-state index contributed by atoms with van der Waals surface area (Å²) in [5, 5.41) is 0.682. The van der Waals surface area contributed by atoms with Crippen LogP contribution in [-0.2, 0) is 0 Å². The minimum atomic E-state index is 0.664. The fourth-order valence-electron chi connectivity index (χ4n) is 1.66. The van der Waals surface area contributed by atoms with Crippen molar-refractivity contribution >= 4 is 28.7 Å². The van der Waals surface area contributed by atoms with Crippen LogP contribution in [0.15, 0.2) is 34.8 Å². The lowest BCUT2D eigenvalue weighted by Gasteiger charge is -2.10. The smallest absolute Gasteiger partial charge is 0.298 e. The summed E-state index contributed by atoms with van der Waals surface area (Å²) in [6, 6.07) is 6.13. The van der Waals surface area contributed by atoms with Gasteiger partial charge in [0.05, 0.1) is 0 Å². The predicted molar refractivity (Wildman–Crippen MR) is 60.4 cm³/mol. The normalized spacial score (nSPS) is 15.4. The molecule has 1 aromatic carbocycles. The van der Waals surface area contributed by atoms with Crippen molar-refractivity contribution in [3.63, 3.8) is 0 Å². The Morgan fingerprint density at radius 3 is 2.87 bits per heavy atom. The van der Waals surface area contributed by atoms with E-state index >= 15 is 0 Å². The van der Waals surface area contributed by atoms with Crippen LogP contribution in [0.25, 0.3) is 11.1 Å². The van der Waals surface area contributed by atoms with Crippen LogP contribution in [0.2, 0.25) is 5.02 Å². The molecule has 0 atom stereocenters. The Balaban J connectivity index is 2.06. The monoisotopic (exact) mass is 220 g/mol. The predicted octanol–water partition coefficient (Wildman–Crippen LogP) is 2.86. The maximum absolute atomic E-state index is 5.88. The van der Waals surface area contributed by atoms with Gasteiger partial charge in [-0.15, -0.1) is 0 Å². The number of oxazole rings is 1. The van der Waals surface area contributed by atoms with Gasteiger partial charge >= 0.3 is 0 Å². The Kier molecular flexibility index (Phi) is 1.92. The second-order valence-corrected chi connectivity index (χ2v) is 3.92. The first-order valence-electron chi connectivity index (χ1n) is 4.79. The molecule has 15 heavy (non-hydrogen) atoms. The first-order chi connectivity index (χ1) is 7.33. The third-order valence-corrected chi connectivity index (χ3v) is 2.66. The van der Waals surface area contributed by atoms with Gasteiger partial charge in [0.1, 0.15) is 5.52 Å².